The van der Waals surface area contributed by atoms with Gasteiger partial charge in [-0.2, -0.15) is 0 Å². The number of fused-ring (bicyclic) bond motifs is 1. The molecule has 0 saturated heterocycles. The van der Waals surface area contributed by atoms with Crippen LogP contribution in [0.15, 0.2) is 42.5 Å². The molecular formula is C18H17Cl2F. The minimum absolute atomic E-state index is 0.145. The highest BCUT2D eigenvalue weighted by molar-refractivity contribution is 6.31. The highest BCUT2D eigenvalue weighted by atomic mass is 35.5. The molecule has 21 heavy (non-hydrogen) atoms. The summed E-state index contributed by atoms with van der Waals surface area (Å²) in [5, 5.41) is 0.227. The van der Waals surface area contributed by atoms with Gasteiger partial charge < -0.3 is 0 Å². The topological polar surface area (TPSA) is 0 Å². The number of hydrogen-bond donors (Lipinski definition) is 0. The number of alkyl halides is 1. The average Bonchev–Trinajstić information content (AvgIpc) is 2.52. The van der Waals surface area contributed by atoms with Crippen LogP contribution in [-0.2, 0) is 18.3 Å². The molecule has 0 amide bonds. The summed E-state index contributed by atoms with van der Waals surface area (Å²) in [4.78, 5) is 0. The van der Waals surface area contributed by atoms with Gasteiger partial charge in [-0.1, -0.05) is 48.0 Å². The number of halogens is 3. The molecule has 3 heteroatoms. The molecule has 0 spiro atoms. The molecule has 0 bridgehead atoms. The van der Waals surface area contributed by atoms with E-state index in [-0.39, 0.29) is 16.3 Å². The SMILES string of the molecule is Fc1cccc(CC2(CCl)CCCc3ccccc32)c1Cl. The third kappa shape index (κ3) is 2.69. The summed E-state index contributed by atoms with van der Waals surface area (Å²) in [6.45, 7) is 0. The number of aryl methyl sites for hydroxylation is 1. The first kappa shape index (κ1) is 14.9. The summed E-state index contributed by atoms with van der Waals surface area (Å²) in [7, 11) is 0. The maximum Gasteiger partial charge on any atom is 0.142 e. The van der Waals surface area contributed by atoms with Gasteiger partial charge in [0.2, 0.25) is 0 Å². The molecule has 110 valence electrons. The lowest BCUT2D eigenvalue weighted by atomic mass is 9.68. The third-order valence-corrected chi connectivity index (χ3v) is 5.44. The highest BCUT2D eigenvalue weighted by Gasteiger charge is 2.36. The first-order chi connectivity index (χ1) is 10.2. The van der Waals surface area contributed by atoms with Crippen LogP contribution in [0.25, 0.3) is 0 Å². The number of rotatable bonds is 3. The Hall–Kier alpha value is -1.05. The summed E-state index contributed by atoms with van der Waals surface area (Å²) in [5.74, 6) is 0.166. The Kier molecular flexibility index (Phi) is 4.24. The van der Waals surface area contributed by atoms with Gasteiger partial charge >= 0.3 is 0 Å². The molecule has 0 heterocycles. The molecular weight excluding hydrogens is 306 g/mol. The van der Waals surface area contributed by atoms with Crippen molar-refractivity contribution in [2.24, 2.45) is 0 Å². The van der Waals surface area contributed by atoms with Gasteiger partial charge in [0, 0.05) is 11.3 Å². The second-order valence-corrected chi connectivity index (χ2v) is 6.46. The smallest absolute Gasteiger partial charge is 0.142 e. The van der Waals surface area contributed by atoms with Crippen LogP contribution >= 0.6 is 23.2 Å². The Morgan fingerprint density at radius 2 is 1.90 bits per heavy atom. The van der Waals surface area contributed by atoms with Crippen molar-refractivity contribution in [1.82, 2.24) is 0 Å². The fourth-order valence-electron chi connectivity index (χ4n) is 3.43. The largest absolute Gasteiger partial charge is 0.205 e. The Bertz CT molecular complexity index is 653. The zero-order chi connectivity index (χ0) is 14.9. The van der Waals surface area contributed by atoms with E-state index in [1.54, 1.807) is 6.07 Å². The second kappa shape index (κ2) is 5.98. The average molecular weight is 323 g/mol. The van der Waals surface area contributed by atoms with Gasteiger partial charge in [0.1, 0.15) is 5.82 Å². The predicted molar refractivity (Wildman–Crippen MR) is 86.9 cm³/mol. The lowest BCUT2D eigenvalue weighted by Crippen LogP contribution is -2.35. The van der Waals surface area contributed by atoms with Crippen molar-refractivity contribution in [2.45, 2.75) is 31.1 Å². The zero-order valence-corrected chi connectivity index (χ0v) is 13.2. The predicted octanol–water partition coefficient (Wildman–Crippen LogP) is 5.53. The normalized spacial score (nSPS) is 21.1. The molecule has 0 radical (unpaired) electrons. The Labute approximate surface area is 134 Å². The van der Waals surface area contributed by atoms with E-state index >= 15 is 0 Å². The fraction of sp³-hybridized carbons (Fsp3) is 0.333. The monoisotopic (exact) mass is 322 g/mol. The molecule has 0 N–H and O–H groups in total. The molecule has 2 aromatic rings. The molecule has 1 atom stereocenters. The van der Waals surface area contributed by atoms with E-state index < -0.39 is 0 Å². The van der Waals surface area contributed by atoms with Crippen LogP contribution in [0.3, 0.4) is 0 Å². The van der Waals surface area contributed by atoms with Crippen LogP contribution in [0.5, 0.6) is 0 Å². The molecule has 2 aromatic carbocycles. The lowest BCUT2D eigenvalue weighted by molar-refractivity contribution is 0.396. The van der Waals surface area contributed by atoms with Crippen molar-refractivity contribution in [3.63, 3.8) is 0 Å². The fourth-order valence-corrected chi connectivity index (χ4v) is 3.99. The molecule has 1 aliphatic carbocycles. The van der Waals surface area contributed by atoms with Crippen LogP contribution in [0.4, 0.5) is 4.39 Å². The van der Waals surface area contributed by atoms with Crippen molar-refractivity contribution in [1.29, 1.82) is 0 Å². The van der Waals surface area contributed by atoms with Gasteiger partial charge in [0.05, 0.1) is 5.02 Å². The number of hydrogen-bond acceptors (Lipinski definition) is 0. The lowest BCUT2D eigenvalue weighted by Gasteiger charge is -2.38. The van der Waals surface area contributed by atoms with Gasteiger partial charge in [0.25, 0.3) is 0 Å². The summed E-state index contributed by atoms with van der Waals surface area (Å²) in [6.07, 6.45) is 3.90. The van der Waals surface area contributed by atoms with E-state index in [1.807, 2.05) is 6.07 Å². The first-order valence-corrected chi connectivity index (χ1v) is 8.15. The van der Waals surface area contributed by atoms with Crippen molar-refractivity contribution in [3.05, 3.63) is 70.0 Å². The second-order valence-electron chi connectivity index (χ2n) is 5.81. The van der Waals surface area contributed by atoms with Crippen LogP contribution in [0.2, 0.25) is 5.02 Å². The van der Waals surface area contributed by atoms with E-state index in [2.05, 4.69) is 24.3 Å². The molecule has 1 unspecified atom stereocenters. The van der Waals surface area contributed by atoms with Gasteiger partial charge in [0.15, 0.2) is 0 Å². The van der Waals surface area contributed by atoms with E-state index in [9.17, 15) is 4.39 Å². The van der Waals surface area contributed by atoms with Crippen LogP contribution < -0.4 is 0 Å². The van der Waals surface area contributed by atoms with E-state index in [1.165, 1.54) is 17.2 Å². The summed E-state index contributed by atoms with van der Waals surface area (Å²) >= 11 is 12.5. The number of benzene rings is 2. The third-order valence-electron chi connectivity index (χ3n) is 4.51. The minimum atomic E-state index is -0.358. The van der Waals surface area contributed by atoms with Gasteiger partial charge in [-0.15, -0.1) is 11.6 Å². The van der Waals surface area contributed by atoms with Crippen LogP contribution in [0, 0.1) is 5.82 Å². The molecule has 3 rings (SSSR count). The molecule has 0 fully saturated rings. The Morgan fingerprint density at radius 3 is 2.71 bits per heavy atom. The van der Waals surface area contributed by atoms with E-state index in [4.69, 9.17) is 23.2 Å². The van der Waals surface area contributed by atoms with Crippen LogP contribution in [0.1, 0.15) is 29.5 Å². The quantitative estimate of drug-likeness (QED) is 0.651. The van der Waals surface area contributed by atoms with Gasteiger partial charge in [-0.25, -0.2) is 4.39 Å². The zero-order valence-electron chi connectivity index (χ0n) is 11.7. The summed E-state index contributed by atoms with van der Waals surface area (Å²) < 4.78 is 13.7. The Morgan fingerprint density at radius 1 is 1.10 bits per heavy atom. The van der Waals surface area contributed by atoms with Crippen molar-refractivity contribution in [2.75, 3.05) is 5.88 Å². The first-order valence-electron chi connectivity index (χ1n) is 7.23. The molecule has 0 saturated carbocycles. The molecule has 1 aliphatic rings. The van der Waals surface area contributed by atoms with E-state index in [0.717, 1.165) is 24.8 Å². The standard InChI is InChI=1S/C18H17Cl2F/c19-12-18(11-14-6-3-9-16(21)17(14)20)10-4-7-13-5-1-2-8-15(13)18/h1-3,5-6,8-9H,4,7,10-12H2. The molecule has 0 aromatic heterocycles. The summed E-state index contributed by atoms with van der Waals surface area (Å²) in [6, 6.07) is 13.5. The minimum Gasteiger partial charge on any atom is -0.205 e. The molecule has 0 aliphatic heterocycles. The van der Waals surface area contributed by atoms with Gasteiger partial charge in [-0.3, -0.25) is 0 Å². The maximum atomic E-state index is 13.7. The summed E-state index contributed by atoms with van der Waals surface area (Å²) in [5.41, 5.74) is 3.35. The van der Waals surface area contributed by atoms with Crippen LogP contribution in [-0.4, -0.2) is 5.88 Å². The molecule has 0 nitrogen and oxygen atoms in total. The highest BCUT2D eigenvalue weighted by Crippen LogP contribution is 2.42. The van der Waals surface area contributed by atoms with Crippen molar-refractivity contribution < 1.29 is 4.39 Å². The maximum absolute atomic E-state index is 13.7. The van der Waals surface area contributed by atoms with Crippen molar-refractivity contribution >= 4 is 23.2 Å². The van der Waals surface area contributed by atoms with Crippen molar-refractivity contribution in [3.8, 4) is 0 Å². The van der Waals surface area contributed by atoms with Gasteiger partial charge in [-0.05, 0) is 48.4 Å². The Balaban J connectivity index is 2.04. The van der Waals surface area contributed by atoms with E-state index in [0.29, 0.717) is 12.3 Å².